The third-order valence-corrected chi connectivity index (χ3v) is 5.21. The van der Waals surface area contributed by atoms with Crippen molar-refractivity contribution in [3.05, 3.63) is 65.0 Å². The number of rotatable bonds is 5. The van der Waals surface area contributed by atoms with Gasteiger partial charge in [-0.15, -0.1) is 0 Å². The Labute approximate surface area is 183 Å². The second-order valence-electron chi connectivity index (χ2n) is 7.60. The summed E-state index contributed by atoms with van der Waals surface area (Å²) in [6.45, 7) is 3.30. The van der Waals surface area contributed by atoms with Crippen molar-refractivity contribution < 1.29 is 27.2 Å². The van der Waals surface area contributed by atoms with Crippen LogP contribution in [0.15, 0.2) is 42.5 Å². The van der Waals surface area contributed by atoms with Crippen LogP contribution < -0.4 is 10.6 Å². The lowest BCUT2D eigenvalue weighted by Gasteiger charge is -2.34. The summed E-state index contributed by atoms with van der Waals surface area (Å²) in [5.74, 6) is -0.887. The van der Waals surface area contributed by atoms with Crippen molar-refractivity contribution in [2.75, 3.05) is 38.0 Å². The molecule has 0 unspecified atom stereocenters. The maximum absolute atomic E-state index is 13.6. The number of aryl methyl sites for hydroxylation is 1. The van der Waals surface area contributed by atoms with E-state index in [2.05, 4.69) is 10.6 Å². The van der Waals surface area contributed by atoms with Gasteiger partial charge in [-0.05, 0) is 36.2 Å². The van der Waals surface area contributed by atoms with Gasteiger partial charge in [-0.25, -0.2) is 9.18 Å². The quantitative estimate of drug-likeness (QED) is 0.682. The van der Waals surface area contributed by atoms with E-state index in [1.807, 2.05) is 0 Å². The number of nitrogens with zero attached hydrogens (tertiary/aromatic N) is 2. The van der Waals surface area contributed by atoms with Crippen LogP contribution in [0.25, 0.3) is 0 Å². The van der Waals surface area contributed by atoms with Gasteiger partial charge in [0.25, 0.3) is 0 Å². The minimum absolute atomic E-state index is 0.0791. The number of alkyl halides is 3. The zero-order valence-electron chi connectivity index (χ0n) is 17.5. The normalized spacial score (nSPS) is 14.8. The highest BCUT2D eigenvalue weighted by Crippen LogP contribution is 2.34. The van der Waals surface area contributed by atoms with Gasteiger partial charge in [0.05, 0.1) is 17.8 Å². The van der Waals surface area contributed by atoms with Crippen molar-refractivity contribution in [3.63, 3.8) is 0 Å². The van der Waals surface area contributed by atoms with Crippen LogP contribution >= 0.6 is 0 Å². The van der Waals surface area contributed by atoms with Gasteiger partial charge in [0.2, 0.25) is 5.91 Å². The molecule has 0 atom stereocenters. The molecule has 0 radical (unpaired) electrons. The van der Waals surface area contributed by atoms with Crippen LogP contribution in [0.2, 0.25) is 0 Å². The molecule has 1 fully saturated rings. The van der Waals surface area contributed by atoms with Crippen LogP contribution in [0.1, 0.15) is 16.7 Å². The smallest absolute Gasteiger partial charge is 0.334 e. The van der Waals surface area contributed by atoms with E-state index in [-0.39, 0.29) is 30.6 Å². The average molecular weight is 452 g/mol. The maximum Gasteiger partial charge on any atom is 0.418 e. The van der Waals surface area contributed by atoms with Gasteiger partial charge < -0.3 is 15.5 Å². The number of nitrogens with one attached hydrogen (secondary N) is 2. The number of halogens is 4. The van der Waals surface area contributed by atoms with Gasteiger partial charge >= 0.3 is 12.2 Å². The first-order valence-corrected chi connectivity index (χ1v) is 10.1. The number of benzene rings is 2. The number of para-hydroxylation sites is 1. The Morgan fingerprint density at radius 2 is 1.72 bits per heavy atom. The number of carbonyl (C=O) groups excluding carboxylic acids is 2. The van der Waals surface area contributed by atoms with Gasteiger partial charge in [0.1, 0.15) is 5.82 Å². The van der Waals surface area contributed by atoms with Crippen molar-refractivity contribution in [1.29, 1.82) is 0 Å². The van der Waals surface area contributed by atoms with Crippen LogP contribution in [-0.2, 0) is 17.5 Å². The predicted molar refractivity (Wildman–Crippen MR) is 111 cm³/mol. The van der Waals surface area contributed by atoms with E-state index in [0.29, 0.717) is 37.3 Å². The zero-order valence-corrected chi connectivity index (χ0v) is 17.5. The Morgan fingerprint density at radius 3 is 2.38 bits per heavy atom. The lowest BCUT2D eigenvalue weighted by atomic mass is 10.1. The molecule has 2 N–H and O–H groups in total. The predicted octanol–water partition coefficient (Wildman–Crippen LogP) is 3.62. The molecule has 2 aromatic rings. The molecule has 1 aliphatic rings. The molecular weight excluding hydrogens is 428 g/mol. The number of hydrogen-bond acceptors (Lipinski definition) is 3. The Bertz CT molecular complexity index is 973. The minimum atomic E-state index is -4.56. The monoisotopic (exact) mass is 452 g/mol. The van der Waals surface area contributed by atoms with Gasteiger partial charge in [-0.2, -0.15) is 13.2 Å². The highest BCUT2D eigenvalue weighted by atomic mass is 19.4. The van der Waals surface area contributed by atoms with Gasteiger partial charge in [0, 0.05) is 32.7 Å². The van der Waals surface area contributed by atoms with Crippen LogP contribution in [0, 0.1) is 12.7 Å². The largest absolute Gasteiger partial charge is 0.418 e. The number of amides is 3. The highest BCUT2D eigenvalue weighted by Gasteiger charge is 2.33. The molecular formula is C22H24F4N4O2. The van der Waals surface area contributed by atoms with Crippen molar-refractivity contribution in [3.8, 4) is 0 Å². The summed E-state index contributed by atoms with van der Waals surface area (Å²) in [6.07, 6.45) is -4.56. The fraction of sp³-hybridized carbons (Fsp3) is 0.364. The van der Waals surface area contributed by atoms with Gasteiger partial charge in [-0.3, -0.25) is 9.69 Å². The Hall–Kier alpha value is -3.14. The Kier molecular flexibility index (Phi) is 7.34. The molecule has 32 heavy (non-hydrogen) atoms. The SMILES string of the molecule is Cc1ccc(CNC(=O)N2CCN(CC(=O)Nc3ccccc3C(F)(F)F)CC2)cc1F. The molecule has 0 spiro atoms. The highest BCUT2D eigenvalue weighted by molar-refractivity contribution is 5.93. The lowest BCUT2D eigenvalue weighted by Crippen LogP contribution is -2.52. The van der Waals surface area contributed by atoms with E-state index >= 15 is 0 Å². The molecule has 0 saturated carbocycles. The summed E-state index contributed by atoms with van der Waals surface area (Å²) in [5, 5.41) is 5.06. The first-order chi connectivity index (χ1) is 15.1. The molecule has 0 bridgehead atoms. The van der Waals surface area contributed by atoms with Crippen molar-refractivity contribution in [2.24, 2.45) is 0 Å². The van der Waals surface area contributed by atoms with Crippen molar-refractivity contribution in [2.45, 2.75) is 19.6 Å². The second kappa shape index (κ2) is 9.99. The molecule has 10 heteroatoms. The topological polar surface area (TPSA) is 64.7 Å². The molecule has 3 amide bonds. The summed E-state index contributed by atoms with van der Waals surface area (Å²) >= 11 is 0. The first kappa shape index (κ1) is 23.5. The lowest BCUT2D eigenvalue weighted by molar-refractivity contribution is -0.137. The van der Waals surface area contributed by atoms with Crippen LogP contribution in [0.5, 0.6) is 0 Å². The summed E-state index contributed by atoms with van der Waals surface area (Å²) in [6, 6.07) is 9.28. The third-order valence-electron chi connectivity index (χ3n) is 5.21. The van der Waals surface area contributed by atoms with E-state index in [9.17, 15) is 27.2 Å². The molecule has 1 aliphatic heterocycles. The summed E-state index contributed by atoms with van der Waals surface area (Å²) < 4.78 is 52.8. The van der Waals surface area contributed by atoms with E-state index in [1.54, 1.807) is 28.9 Å². The third kappa shape index (κ3) is 6.19. The molecule has 2 aromatic carbocycles. The van der Waals surface area contributed by atoms with Gasteiger partial charge in [-0.1, -0.05) is 24.3 Å². The summed E-state index contributed by atoms with van der Waals surface area (Å²) in [7, 11) is 0. The molecule has 172 valence electrons. The zero-order chi connectivity index (χ0) is 23.3. The van der Waals surface area contributed by atoms with Crippen LogP contribution in [0.3, 0.4) is 0 Å². The Morgan fingerprint density at radius 1 is 1.03 bits per heavy atom. The minimum Gasteiger partial charge on any atom is -0.334 e. The fourth-order valence-electron chi connectivity index (χ4n) is 3.38. The molecule has 1 saturated heterocycles. The second-order valence-corrected chi connectivity index (χ2v) is 7.60. The molecule has 1 heterocycles. The molecule has 0 aromatic heterocycles. The number of hydrogen-bond donors (Lipinski definition) is 2. The molecule has 6 nitrogen and oxygen atoms in total. The fourth-order valence-corrected chi connectivity index (χ4v) is 3.38. The Balaban J connectivity index is 1.45. The average Bonchev–Trinajstić information content (AvgIpc) is 2.74. The maximum atomic E-state index is 13.6. The number of piperazine rings is 1. The van der Waals surface area contributed by atoms with E-state index in [0.717, 1.165) is 6.07 Å². The number of urea groups is 1. The molecule has 3 rings (SSSR count). The molecule has 0 aliphatic carbocycles. The van der Waals surface area contributed by atoms with Crippen LogP contribution in [-0.4, -0.2) is 54.5 Å². The number of anilines is 1. The van der Waals surface area contributed by atoms with Crippen molar-refractivity contribution >= 4 is 17.6 Å². The van der Waals surface area contributed by atoms with E-state index in [4.69, 9.17) is 0 Å². The van der Waals surface area contributed by atoms with Gasteiger partial charge in [0.15, 0.2) is 0 Å². The number of carbonyl (C=O) groups is 2. The van der Waals surface area contributed by atoms with E-state index < -0.39 is 17.6 Å². The van der Waals surface area contributed by atoms with Crippen molar-refractivity contribution in [1.82, 2.24) is 15.1 Å². The first-order valence-electron chi connectivity index (χ1n) is 10.1. The summed E-state index contributed by atoms with van der Waals surface area (Å²) in [5.41, 5.74) is -0.00289. The summed E-state index contributed by atoms with van der Waals surface area (Å²) in [4.78, 5) is 27.9. The standard InChI is InChI=1S/C22H24F4N4O2/c1-15-6-7-16(12-18(15)23)13-27-21(32)30-10-8-29(9-11-30)14-20(31)28-19-5-3-2-4-17(19)22(24,25)26/h2-7,12H,8-11,13-14H2,1H3,(H,27,32)(H,28,31). The van der Waals surface area contributed by atoms with Crippen LogP contribution in [0.4, 0.5) is 28.0 Å². The van der Waals surface area contributed by atoms with E-state index in [1.165, 1.54) is 24.3 Å².